The zero-order valence-electron chi connectivity index (χ0n) is 18.0. The summed E-state index contributed by atoms with van der Waals surface area (Å²) in [6.07, 6.45) is -1.05. The van der Waals surface area contributed by atoms with Crippen LogP contribution in [0.5, 0.6) is 0 Å². The lowest BCUT2D eigenvalue weighted by molar-refractivity contribution is -0.119. The first-order chi connectivity index (χ1) is 15.3. The molecule has 2 fully saturated rings. The van der Waals surface area contributed by atoms with Gasteiger partial charge in [0.05, 0.1) is 29.3 Å². The van der Waals surface area contributed by atoms with Gasteiger partial charge in [0.25, 0.3) is 5.91 Å². The van der Waals surface area contributed by atoms with Crippen LogP contribution in [-0.4, -0.2) is 68.2 Å². The molecule has 4 rings (SSSR count). The fourth-order valence-corrected chi connectivity index (χ4v) is 4.71. The molecule has 2 aliphatic rings. The standard InChI is InChI=1S/C22H25FN4O4S/c1-14-3-6-20(32-14)21(29)26-9-7-25(8-10-26)19-5-4-16(11-18(19)23)27-13-17(31-22(27)30)12-24-15(2)28/h3-6,11,17H,7-10,12-13H2,1-2H3,(H,24,28)/t17-/m0/s1. The Hall–Kier alpha value is -3.14. The molecule has 0 unspecified atom stereocenters. The van der Waals surface area contributed by atoms with E-state index < -0.39 is 18.0 Å². The van der Waals surface area contributed by atoms with Crippen molar-refractivity contribution in [2.24, 2.45) is 0 Å². The van der Waals surface area contributed by atoms with Crippen molar-refractivity contribution in [3.63, 3.8) is 0 Å². The molecule has 1 N–H and O–H groups in total. The van der Waals surface area contributed by atoms with Gasteiger partial charge in [-0.2, -0.15) is 0 Å². The number of thiophene rings is 1. The summed E-state index contributed by atoms with van der Waals surface area (Å²) in [6.45, 7) is 5.89. The van der Waals surface area contributed by atoms with Gasteiger partial charge in [-0.1, -0.05) is 0 Å². The van der Waals surface area contributed by atoms with Crippen LogP contribution >= 0.6 is 11.3 Å². The van der Waals surface area contributed by atoms with Crippen LogP contribution in [0, 0.1) is 12.7 Å². The van der Waals surface area contributed by atoms with E-state index in [-0.39, 0.29) is 24.9 Å². The maximum Gasteiger partial charge on any atom is 0.414 e. The normalized spacial score (nSPS) is 18.7. The van der Waals surface area contributed by atoms with Gasteiger partial charge in [0.1, 0.15) is 11.9 Å². The number of cyclic esters (lactones) is 1. The molecule has 10 heteroatoms. The summed E-state index contributed by atoms with van der Waals surface area (Å²) in [7, 11) is 0. The predicted molar refractivity (Wildman–Crippen MR) is 120 cm³/mol. The monoisotopic (exact) mass is 460 g/mol. The van der Waals surface area contributed by atoms with Crippen molar-refractivity contribution in [1.29, 1.82) is 0 Å². The predicted octanol–water partition coefficient (Wildman–Crippen LogP) is 2.62. The van der Waals surface area contributed by atoms with Crippen LogP contribution in [0.2, 0.25) is 0 Å². The first-order valence-electron chi connectivity index (χ1n) is 10.4. The summed E-state index contributed by atoms with van der Waals surface area (Å²) >= 11 is 1.48. The fraction of sp³-hybridized carbons (Fsp3) is 0.409. The lowest BCUT2D eigenvalue weighted by Gasteiger charge is -2.36. The second-order valence-corrected chi connectivity index (χ2v) is 9.17. The molecule has 1 atom stereocenters. The maximum absolute atomic E-state index is 14.9. The van der Waals surface area contributed by atoms with Crippen LogP contribution in [0.25, 0.3) is 0 Å². The Morgan fingerprint density at radius 2 is 1.94 bits per heavy atom. The molecular formula is C22H25FN4O4S. The fourth-order valence-electron chi connectivity index (χ4n) is 3.87. The van der Waals surface area contributed by atoms with Crippen LogP contribution in [-0.2, 0) is 9.53 Å². The number of aryl methyl sites for hydroxylation is 1. The lowest BCUT2D eigenvalue weighted by Crippen LogP contribution is -2.48. The number of benzene rings is 1. The SMILES string of the molecule is CC(=O)NC[C@H]1CN(c2ccc(N3CCN(C(=O)c4ccc(C)s4)CC3)c(F)c2)C(=O)O1. The highest BCUT2D eigenvalue weighted by Crippen LogP contribution is 2.29. The second kappa shape index (κ2) is 9.15. The molecule has 2 aromatic rings. The number of nitrogens with zero attached hydrogens (tertiary/aromatic N) is 3. The average Bonchev–Trinajstić information content (AvgIpc) is 3.37. The molecule has 0 saturated carbocycles. The van der Waals surface area contributed by atoms with E-state index in [1.807, 2.05) is 24.0 Å². The molecular weight excluding hydrogens is 435 g/mol. The summed E-state index contributed by atoms with van der Waals surface area (Å²) in [6, 6.07) is 8.44. The van der Waals surface area contributed by atoms with Gasteiger partial charge in [0.2, 0.25) is 5.91 Å². The summed E-state index contributed by atoms with van der Waals surface area (Å²) in [4.78, 5) is 42.7. The summed E-state index contributed by atoms with van der Waals surface area (Å²) in [5, 5.41) is 2.62. The zero-order chi connectivity index (χ0) is 22.8. The third kappa shape index (κ3) is 4.69. The van der Waals surface area contributed by atoms with Gasteiger partial charge in [0, 0.05) is 38.0 Å². The molecule has 32 heavy (non-hydrogen) atoms. The number of carbonyl (C=O) groups excluding carboxylic acids is 3. The Labute approximate surface area is 189 Å². The number of piperazine rings is 1. The summed E-state index contributed by atoms with van der Waals surface area (Å²) in [5.74, 6) is -0.628. The Morgan fingerprint density at radius 3 is 2.56 bits per heavy atom. The number of ether oxygens (including phenoxy) is 1. The summed E-state index contributed by atoms with van der Waals surface area (Å²) < 4.78 is 20.2. The minimum absolute atomic E-state index is 0.0138. The van der Waals surface area contributed by atoms with E-state index in [1.54, 1.807) is 17.0 Å². The van der Waals surface area contributed by atoms with Crippen molar-refractivity contribution < 1.29 is 23.5 Å². The first kappa shape index (κ1) is 22.1. The van der Waals surface area contributed by atoms with Gasteiger partial charge < -0.3 is 19.9 Å². The highest BCUT2D eigenvalue weighted by Gasteiger charge is 2.33. The van der Waals surface area contributed by atoms with Gasteiger partial charge in [0.15, 0.2) is 0 Å². The lowest BCUT2D eigenvalue weighted by atomic mass is 10.2. The van der Waals surface area contributed by atoms with Gasteiger partial charge in [-0.25, -0.2) is 9.18 Å². The Morgan fingerprint density at radius 1 is 1.19 bits per heavy atom. The Balaban J connectivity index is 1.37. The molecule has 0 radical (unpaired) electrons. The third-order valence-corrected chi connectivity index (χ3v) is 6.54. The number of hydrogen-bond donors (Lipinski definition) is 1. The average molecular weight is 461 g/mol. The van der Waals surface area contributed by atoms with E-state index >= 15 is 0 Å². The van der Waals surface area contributed by atoms with E-state index in [0.29, 0.717) is 37.6 Å². The molecule has 3 amide bonds. The number of anilines is 2. The van der Waals surface area contributed by atoms with Crippen molar-refractivity contribution in [3.8, 4) is 0 Å². The van der Waals surface area contributed by atoms with E-state index in [1.165, 1.54) is 29.2 Å². The second-order valence-electron chi connectivity index (χ2n) is 7.88. The molecule has 3 heterocycles. The summed E-state index contributed by atoms with van der Waals surface area (Å²) in [5.41, 5.74) is 0.846. The van der Waals surface area contributed by atoms with E-state index in [4.69, 9.17) is 4.74 Å². The van der Waals surface area contributed by atoms with Gasteiger partial charge in [-0.15, -0.1) is 11.3 Å². The van der Waals surface area contributed by atoms with Crippen molar-refractivity contribution in [1.82, 2.24) is 10.2 Å². The minimum atomic E-state index is -0.566. The topological polar surface area (TPSA) is 82.2 Å². The van der Waals surface area contributed by atoms with Crippen LogP contribution in [0.3, 0.4) is 0 Å². The van der Waals surface area contributed by atoms with Crippen LogP contribution in [0.1, 0.15) is 21.5 Å². The third-order valence-electron chi connectivity index (χ3n) is 5.55. The van der Waals surface area contributed by atoms with Crippen molar-refractivity contribution >= 4 is 40.6 Å². The van der Waals surface area contributed by atoms with E-state index in [2.05, 4.69) is 5.32 Å². The number of carbonyl (C=O) groups is 3. The highest BCUT2D eigenvalue weighted by atomic mass is 32.1. The maximum atomic E-state index is 14.9. The molecule has 1 aromatic carbocycles. The molecule has 1 aromatic heterocycles. The highest BCUT2D eigenvalue weighted by molar-refractivity contribution is 7.13. The van der Waals surface area contributed by atoms with Gasteiger partial charge >= 0.3 is 6.09 Å². The molecule has 0 aliphatic carbocycles. The Kier molecular flexibility index (Phi) is 6.31. The molecule has 170 valence electrons. The van der Waals surface area contributed by atoms with Gasteiger partial charge in [-0.05, 0) is 37.3 Å². The number of rotatable bonds is 5. The van der Waals surface area contributed by atoms with E-state index in [0.717, 1.165) is 9.75 Å². The number of nitrogens with one attached hydrogen (secondary N) is 1. The molecule has 2 saturated heterocycles. The largest absolute Gasteiger partial charge is 0.442 e. The zero-order valence-corrected chi connectivity index (χ0v) is 18.8. The smallest absolute Gasteiger partial charge is 0.414 e. The van der Waals surface area contributed by atoms with E-state index in [9.17, 15) is 18.8 Å². The van der Waals surface area contributed by atoms with Crippen LogP contribution < -0.4 is 15.1 Å². The molecule has 2 aliphatic heterocycles. The molecule has 8 nitrogen and oxygen atoms in total. The number of halogens is 1. The Bertz CT molecular complexity index is 1030. The molecule has 0 bridgehead atoms. The quantitative estimate of drug-likeness (QED) is 0.742. The van der Waals surface area contributed by atoms with Crippen LogP contribution in [0.15, 0.2) is 30.3 Å². The van der Waals surface area contributed by atoms with Gasteiger partial charge in [-0.3, -0.25) is 14.5 Å². The molecule has 0 spiro atoms. The van der Waals surface area contributed by atoms with Crippen molar-refractivity contribution in [2.75, 3.05) is 49.1 Å². The number of hydrogen-bond acceptors (Lipinski definition) is 6. The van der Waals surface area contributed by atoms with Crippen LogP contribution in [0.4, 0.5) is 20.6 Å². The first-order valence-corrected chi connectivity index (χ1v) is 11.3. The number of amides is 3. The van der Waals surface area contributed by atoms with Crippen molar-refractivity contribution in [3.05, 3.63) is 45.9 Å². The van der Waals surface area contributed by atoms with Crippen molar-refractivity contribution in [2.45, 2.75) is 20.0 Å². The minimum Gasteiger partial charge on any atom is -0.442 e.